The number of methoxy groups -OCH3 is 1. The van der Waals surface area contributed by atoms with Crippen LogP contribution in [0.5, 0.6) is 0 Å². The SMILES string of the molecule is COCCC(N)c1ncc(-c2ccnn2C)[nH]1. The number of hydrogen-bond acceptors (Lipinski definition) is 4. The summed E-state index contributed by atoms with van der Waals surface area (Å²) >= 11 is 0. The molecule has 0 aliphatic carbocycles. The number of ether oxygens (including phenoxy) is 1. The maximum Gasteiger partial charge on any atom is 0.123 e. The van der Waals surface area contributed by atoms with Crippen LogP contribution >= 0.6 is 0 Å². The van der Waals surface area contributed by atoms with Gasteiger partial charge in [0.25, 0.3) is 0 Å². The summed E-state index contributed by atoms with van der Waals surface area (Å²) in [5.74, 6) is 0.776. The van der Waals surface area contributed by atoms with Crippen LogP contribution in [0.3, 0.4) is 0 Å². The molecular formula is C11H17N5O. The quantitative estimate of drug-likeness (QED) is 0.804. The zero-order valence-electron chi connectivity index (χ0n) is 10.1. The fraction of sp³-hybridized carbons (Fsp3) is 0.455. The van der Waals surface area contributed by atoms with Gasteiger partial charge in [0.05, 0.1) is 23.6 Å². The van der Waals surface area contributed by atoms with Gasteiger partial charge in [-0.1, -0.05) is 0 Å². The molecule has 3 N–H and O–H groups in total. The lowest BCUT2D eigenvalue weighted by atomic mass is 10.2. The molecule has 0 aromatic carbocycles. The number of nitrogens with two attached hydrogens (primary N) is 1. The Morgan fingerprint density at radius 2 is 2.41 bits per heavy atom. The van der Waals surface area contributed by atoms with Gasteiger partial charge in [0.1, 0.15) is 5.82 Å². The van der Waals surface area contributed by atoms with E-state index in [4.69, 9.17) is 10.5 Å². The van der Waals surface area contributed by atoms with Gasteiger partial charge in [-0.15, -0.1) is 0 Å². The lowest BCUT2D eigenvalue weighted by Crippen LogP contribution is -2.14. The zero-order valence-corrected chi connectivity index (χ0v) is 10.1. The first-order valence-electron chi connectivity index (χ1n) is 5.50. The molecule has 6 heteroatoms. The minimum absolute atomic E-state index is 0.128. The Morgan fingerprint density at radius 1 is 1.59 bits per heavy atom. The van der Waals surface area contributed by atoms with Crippen molar-refractivity contribution >= 4 is 0 Å². The number of H-pyrrole nitrogens is 1. The second kappa shape index (κ2) is 5.11. The standard InChI is InChI=1S/C11H17N5O/c1-16-10(3-5-14-16)9-7-13-11(15-9)8(12)4-6-17-2/h3,5,7-8H,4,6,12H2,1-2H3,(H,13,15). The van der Waals surface area contributed by atoms with E-state index >= 15 is 0 Å². The van der Waals surface area contributed by atoms with Crippen molar-refractivity contribution in [1.82, 2.24) is 19.7 Å². The molecule has 0 radical (unpaired) electrons. The molecule has 92 valence electrons. The van der Waals surface area contributed by atoms with Crippen LogP contribution in [0.25, 0.3) is 11.4 Å². The van der Waals surface area contributed by atoms with Gasteiger partial charge in [-0.25, -0.2) is 4.98 Å². The molecule has 0 spiro atoms. The Bertz CT molecular complexity index is 476. The van der Waals surface area contributed by atoms with Crippen LogP contribution in [0.1, 0.15) is 18.3 Å². The molecule has 0 aliphatic rings. The number of aryl methyl sites for hydroxylation is 1. The van der Waals surface area contributed by atoms with Crippen LogP contribution in [0.15, 0.2) is 18.5 Å². The Morgan fingerprint density at radius 3 is 3.06 bits per heavy atom. The lowest BCUT2D eigenvalue weighted by Gasteiger charge is -2.07. The molecule has 17 heavy (non-hydrogen) atoms. The smallest absolute Gasteiger partial charge is 0.123 e. The number of imidazole rings is 1. The second-order valence-electron chi connectivity index (χ2n) is 3.91. The number of rotatable bonds is 5. The zero-order chi connectivity index (χ0) is 12.3. The van der Waals surface area contributed by atoms with Crippen molar-refractivity contribution in [3.63, 3.8) is 0 Å². The van der Waals surface area contributed by atoms with E-state index in [9.17, 15) is 0 Å². The van der Waals surface area contributed by atoms with E-state index in [1.807, 2.05) is 13.1 Å². The van der Waals surface area contributed by atoms with Crippen molar-refractivity contribution in [2.75, 3.05) is 13.7 Å². The van der Waals surface area contributed by atoms with Gasteiger partial charge in [0, 0.05) is 27.0 Å². The first-order chi connectivity index (χ1) is 8.22. The van der Waals surface area contributed by atoms with Gasteiger partial charge in [0.15, 0.2) is 0 Å². The Hall–Kier alpha value is -1.66. The minimum atomic E-state index is -0.128. The molecular weight excluding hydrogens is 218 g/mol. The predicted octanol–water partition coefficient (Wildman–Crippen LogP) is 0.846. The van der Waals surface area contributed by atoms with Gasteiger partial charge in [-0.05, 0) is 12.5 Å². The van der Waals surface area contributed by atoms with Crippen molar-refractivity contribution < 1.29 is 4.74 Å². The fourth-order valence-electron chi connectivity index (χ4n) is 1.67. The van der Waals surface area contributed by atoms with E-state index in [1.165, 1.54) is 0 Å². The van der Waals surface area contributed by atoms with Crippen molar-refractivity contribution in [2.24, 2.45) is 12.8 Å². The Kier molecular flexibility index (Phi) is 3.55. The third kappa shape index (κ3) is 2.54. The Labute approximate surface area is 99.8 Å². The number of aromatic nitrogens is 4. The van der Waals surface area contributed by atoms with Crippen molar-refractivity contribution in [1.29, 1.82) is 0 Å². The lowest BCUT2D eigenvalue weighted by molar-refractivity contribution is 0.187. The molecule has 2 aromatic heterocycles. The van der Waals surface area contributed by atoms with Crippen LogP contribution in [0.2, 0.25) is 0 Å². The first kappa shape index (κ1) is 11.8. The molecule has 0 saturated heterocycles. The van der Waals surface area contributed by atoms with Crippen LogP contribution in [0.4, 0.5) is 0 Å². The van der Waals surface area contributed by atoms with Gasteiger partial charge in [-0.2, -0.15) is 5.10 Å². The molecule has 2 aromatic rings. The summed E-state index contributed by atoms with van der Waals surface area (Å²) in [6.07, 6.45) is 4.27. The fourth-order valence-corrected chi connectivity index (χ4v) is 1.67. The van der Waals surface area contributed by atoms with E-state index in [0.717, 1.165) is 23.6 Å². The summed E-state index contributed by atoms with van der Waals surface area (Å²) in [6, 6.07) is 1.80. The molecule has 1 atom stereocenters. The van der Waals surface area contributed by atoms with Gasteiger partial charge in [-0.3, -0.25) is 4.68 Å². The van der Waals surface area contributed by atoms with E-state index in [1.54, 1.807) is 24.2 Å². The number of nitrogens with zero attached hydrogens (tertiary/aromatic N) is 3. The highest BCUT2D eigenvalue weighted by molar-refractivity contribution is 5.53. The van der Waals surface area contributed by atoms with Gasteiger partial charge >= 0.3 is 0 Å². The molecule has 0 saturated carbocycles. The van der Waals surface area contributed by atoms with Crippen LogP contribution in [0, 0.1) is 0 Å². The summed E-state index contributed by atoms with van der Waals surface area (Å²) in [5.41, 5.74) is 7.90. The van der Waals surface area contributed by atoms with Gasteiger partial charge in [0.2, 0.25) is 0 Å². The summed E-state index contributed by atoms with van der Waals surface area (Å²) in [7, 11) is 3.55. The monoisotopic (exact) mass is 235 g/mol. The molecule has 0 amide bonds. The van der Waals surface area contributed by atoms with Crippen molar-refractivity contribution in [2.45, 2.75) is 12.5 Å². The van der Waals surface area contributed by atoms with Crippen LogP contribution < -0.4 is 5.73 Å². The molecule has 2 heterocycles. The van der Waals surface area contributed by atoms with E-state index in [0.29, 0.717) is 6.61 Å². The van der Waals surface area contributed by atoms with Crippen LogP contribution in [-0.2, 0) is 11.8 Å². The van der Waals surface area contributed by atoms with Crippen molar-refractivity contribution in [3.8, 4) is 11.4 Å². The van der Waals surface area contributed by atoms with E-state index < -0.39 is 0 Å². The number of nitrogens with one attached hydrogen (secondary N) is 1. The maximum absolute atomic E-state index is 5.99. The van der Waals surface area contributed by atoms with Crippen LogP contribution in [-0.4, -0.2) is 33.5 Å². The van der Waals surface area contributed by atoms with E-state index in [2.05, 4.69) is 15.1 Å². The molecule has 6 nitrogen and oxygen atoms in total. The third-order valence-corrected chi connectivity index (χ3v) is 2.68. The summed E-state index contributed by atoms with van der Waals surface area (Å²) in [4.78, 5) is 7.50. The molecule has 0 aliphatic heterocycles. The molecule has 2 rings (SSSR count). The summed E-state index contributed by atoms with van der Waals surface area (Å²) in [5, 5.41) is 4.11. The molecule has 0 fully saturated rings. The van der Waals surface area contributed by atoms with E-state index in [-0.39, 0.29) is 6.04 Å². The van der Waals surface area contributed by atoms with Gasteiger partial charge < -0.3 is 15.5 Å². The topological polar surface area (TPSA) is 81.8 Å². The number of aromatic amines is 1. The highest BCUT2D eigenvalue weighted by Gasteiger charge is 2.12. The average molecular weight is 235 g/mol. The number of hydrogen-bond donors (Lipinski definition) is 2. The summed E-state index contributed by atoms with van der Waals surface area (Å²) < 4.78 is 6.79. The maximum atomic E-state index is 5.99. The normalized spacial score (nSPS) is 12.9. The predicted molar refractivity (Wildman–Crippen MR) is 64.2 cm³/mol. The minimum Gasteiger partial charge on any atom is -0.385 e. The highest BCUT2D eigenvalue weighted by atomic mass is 16.5. The molecule has 1 unspecified atom stereocenters. The summed E-state index contributed by atoms with van der Waals surface area (Å²) in [6.45, 7) is 0.628. The van der Waals surface area contributed by atoms with Crippen molar-refractivity contribution in [3.05, 3.63) is 24.3 Å². The highest BCUT2D eigenvalue weighted by Crippen LogP contribution is 2.18. The molecule has 0 bridgehead atoms. The largest absolute Gasteiger partial charge is 0.385 e. The first-order valence-corrected chi connectivity index (χ1v) is 5.50. The average Bonchev–Trinajstić information content (AvgIpc) is 2.93. The third-order valence-electron chi connectivity index (χ3n) is 2.68. The Balaban J connectivity index is 2.13. The second-order valence-corrected chi connectivity index (χ2v) is 3.91.